The number of anilines is 1. The topological polar surface area (TPSA) is 66.5 Å². The van der Waals surface area contributed by atoms with Gasteiger partial charge in [-0.3, -0.25) is 14.9 Å². The zero-order valence-electron chi connectivity index (χ0n) is 14.0. The Bertz CT molecular complexity index is 852. The van der Waals surface area contributed by atoms with Gasteiger partial charge in [0.2, 0.25) is 0 Å². The molecule has 2 aromatic carbocycles. The van der Waals surface area contributed by atoms with Crippen LogP contribution in [0.15, 0.2) is 60.2 Å². The lowest BCUT2D eigenvalue weighted by atomic mass is 10.0. The molecule has 126 valence electrons. The zero-order valence-corrected chi connectivity index (χ0v) is 14.0. The van der Waals surface area contributed by atoms with E-state index in [9.17, 15) is 14.4 Å². The second-order valence-electron chi connectivity index (χ2n) is 6.11. The SMILES string of the molecule is CC(C)c1ccc(N2C(=O)NC(=O)C(=Cc3ccccc3)C2=O)cc1. The Morgan fingerprint density at radius 2 is 1.56 bits per heavy atom. The molecule has 4 amide bonds. The molecular formula is C20H18N2O3. The molecule has 0 bridgehead atoms. The number of rotatable bonds is 3. The molecule has 1 aliphatic heterocycles. The maximum atomic E-state index is 12.7. The summed E-state index contributed by atoms with van der Waals surface area (Å²) in [5.41, 5.74) is 2.17. The van der Waals surface area contributed by atoms with Crippen molar-refractivity contribution < 1.29 is 14.4 Å². The fraction of sp³-hybridized carbons (Fsp3) is 0.150. The first-order valence-corrected chi connectivity index (χ1v) is 8.04. The highest BCUT2D eigenvalue weighted by Gasteiger charge is 2.36. The normalized spacial score (nSPS) is 16.5. The molecule has 1 saturated heterocycles. The van der Waals surface area contributed by atoms with E-state index in [1.807, 2.05) is 30.3 Å². The summed E-state index contributed by atoms with van der Waals surface area (Å²) < 4.78 is 0. The van der Waals surface area contributed by atoms with E-state index >= 15 is 0 Å². The highest BCUT2D eigenvalue weighted by atomic mass is 16.2. The summed E-state index contributed by atoms with van der Waals surface area (Å²) in [5, 5.41) is 2.22. The zero-order chi connectivity index (χ0) is 18.0. The van der Waals surface area contributed by atoms with Gasteiger partial charge in [0.1, 0.15) is 5.57 Å². The van der Waals surface area contributed by atoms with Crippen LogP contribution in [0.2, 0.25) is 0 Å². The van der Waals surface area contributed by atoms with Crippen molar-refractivity contribution in [2.75, 3.05) is 4.90 Å². The summed E-state index contributed by atoms with van der Waals surface area (Å²) in [7, 11) is 0. The van der Waals surface area contributed by atoms with E-state index in [-0.39, 0.29) is 5.57 Å². The van der Waals surface area contributed by atoms with E-state index in [1.54, 1.807) is 24.3 Å². The molecule has 1 heterocycles. The summed E-state index contributed by atoms with van der Waals surface area (Å²) >= 11 is 0. The third kappa shape index (κ3) is 3.35. The Morgan fingerprint density at radius 3 is 2.16 bits per heavy atom. The van der Waals surface area contributed by atoms with Crippen molar-refractivity contribution in [3.05, 3.63) is 71.3 Å². The first-order valence-electron chi connectivity index (χ1n) is 8.04. The van der Waals surface area contributed by atoms with Crippen LogP contribution in [0.25, 0.3) is 6.08 Å². The van der Waals surface area contributed by atoms with Gasteiger partial charge >= 0.3 is 6.03 Å². The van der Waals surface area contributed by atoms with Gasteiger partial charge in [-0.1, -0.05) is 56.3 Å². The number of amides is 4. The quantitative estimate of drug-likeness (QED) is 0.690. The summed E-state index contributed by atoms with van der Waals surface area (Å²) in [6.45, 7) is 4.13. The molecule has 0 saturated carbocycles. The van der Waals surface area contributed by atoms with Crippen LogP contribution in [-0.4, -0.2) is 17.8 Å². The summed E-state index contributed by atoms with van der Waals surface area (Å²) in [5.74, 6) is -0.973. The summed E-state index contributed by atoms with van der Waals surface area (Å²) in [6.07, 6.45) is 1.49. The number of nitrogens with one attached hydrogen (secondary N) is 1. The molecule has 3 rings (SSSR count). The van der Waals surface area contributed by atoms with Crippen molar-refractivity contribution in [2.45, 2.75) is 19.8 Å². The maximum absolute atomic E-state index is 12.7. The molecule has 0 radical (unpaired) electrons. The Kier molecular flexibility index (Phi) is 4.48. The molecule has 0 aliphatic carbocycles. The molecule has 0 atom stereocenters. The van der Waals surface area contributed by atoms with Crippen LogP contribution in [0.1, 0.15) is 30.9 Å². The third-order valence-corrected chi connectivity index (χ3v) is 4.03. The van der Waals surface area contributed by atoms with Gasteiger partial charge < -0.3 is 0 Å². The molecule has 0 unspecified atom stereocenters. The predicted octanol–water partition coefficient (Wildman–Crippen LogP) is 3.48. The molecule has 1 fully saturated rings. The average Bonchev–Trinajstić information content (AvgIpc) is 2.60. The first kappa shape index (κ1) is 16.6. The minimum atomic E-state index is -0.738. The van der Waals surface area contributed by atoms with Gasteiger partial charge in [0.25, 0.3) is 11.8 Å². The molecule has 0 aromatic heterocycles. The van der Waals surface area contributed by atoms with Gasteiger partial charge in [-0.25, -0.2) is 9.69 Å². The third-order valence-electron chi connectivity index (χ3n) is 4.03. The van der Waals surface area contributed by atoms with E-state index < -0.39 is 17.8 Å². The van der Waals surface area contributed by atoms with Crippen LogP contribution in [0.4, 0.5) is 10.5 Å². The van der Waals surface area contributed by atoms with Crippen LogP contribution >= 0.6 is 0 Å². The van der Waals surface area contributed by atoms with Crippen molar-refractivity contribution in [3.63, 3.8) is 0 Å². The van der Waals surface area contributed by atoms with Crippen LogP contribution in [0, 0.1) is 0 Å². The molecule has 0 spiro atoms. The van der Waals surface area contributed by atoms with Crippen LogP contribution in [0.5, 0.6) is 0 Å². The average molecular weight is 334 g/mol. The van der Waals surface area contributed by atoms with Gasteiger partial charge in [0.15, 0.2) is 0 Å². The van der Waals surface area contributed by atoms with Gasteiger partial charge in [-0.15, -0.1) is 0 Å². The van der Waals surface area contributed by atoms with Crippen molar-refractivity contribution in [2.24, 2.45) is 0 Å². The lowest BCUT2D eigenvalue weighted by Gasteiger charge is -2.26. The molecular weight excluding hydrogens is 316 g/mol. The van der Waals surface area contributed by atoms with Gasteiger partial charge in [0, 0.05) is 0 Å². The Morgan fingerprint density at radius 1 is 0.920 bits per heavy atom. The lowest BCUT2D eigenvalue weighted by Crippen LogP contribution is -2.54. The predicted molar refractivity (Wildman–Crippen MR) is 96.0 cm³/mol. The maximum Gasteiger partial charge on any atom is 0.335 e. The minimum absolute atomic E-state index is 0.0706. The Hall–Kier alpha value is -3.21. The van der Waals surface area contributed by atoms with Crippen molar-refractivity contribution >= 4 is 29.6 Å². The number of imide groups is 2. The van der Waals surface area contributed by atoms with Gasteiger partial charge in [0.05, 0.1) is 5.69 Å². The number of urea groups is 1. The Balaban J connectivity index is 1.97. The highest BCUT2D eigenvalue weighted by molar-refractivity contribution is 6.39. The molecule has 5 nitrogen and oxygen atoms in total. The largest absolute Gasteiger partial charge is 0.335 e. The van der Waals surface area contributed by atoms with Crippen molar-refractivity contribution in [1.29, 1.82) is 0 Å². The van der Waals surface area contributed by atoms with E-state index in [4.69, 9.17) is 0 Å². The summed E-state index contributed by atoms with van der Waals surface area (Å²) in [4.78, 5) is 38.0. The molecule has 5 heteroatoms. The molecule has 1 N–H and O–H groups in total. The number of barbiturate groups is 1. The van der Waals surface area contributed by atoms with Crippen molar-refractivity contribution in [3.8, 4) is 0 Å². The number of carbonyl (C=O) groups is 3. The number of nitrogens with zero attached hydrogens (tertiary/aromatic N) is 1. The van der Waals surface area contributed by atoms with Crippen LogP contribution < -0.4 is 10.2 Å². The molecule has 1 aliphatic rings. The number of hydrogen-bond donors (Lipinski definition) is 1. The van der Waals surface area contributed by atoms with E-state index in [1.165, 1.54) is 6.08 Å². The highest BCUT2D eigenvalue weighted by Crippen LogP contribution is 2.24. The summed E-state index contributed by atoms with van der Waals surface area (Å²) in [6, 6.07) is 15.5. The first-order chi connectivity index (χ1) is 12.0. The molecule has 2 aromatic rings. The number of carbonyl (C=O) groups excluding carboxylic acids is 3. The number of hydrogen-bond acceptors (Lipinski definition) is 3. The van der Waals surface area contributed by atoms with Crippen LogP contribution in [0.3, 0.4) is 0 Å². The van der Waals surface area contributed by atoms with Gasteiger partial charge in [-0.2, -0.15) is 0 Å². The second kappa shape index (κ2) is 6.73. The Labute approximate surface area is 146 Å². The number of benzene rings is 2. The fourth-order valence-electron chi connectivity index (χ4n) is 2.62. The standard InChI is InChI=1S/C20H18N2O3/c1-13(2)15-8-10-16(11-9-15)22-19(24)17(18(23)21-20(22)25)12-14-6-4-3-5-7-14/h3-13H,1-2H3,(H,21,23,25). The van der Waals surface area contributed by atoms with Gasteiger partial charge in [-0.05, 0) is 35.3 Å². The fourth-order valence-corrected chi connectivity index (χ4v) is 2.62. The smallest absolute Gasteiger partial charge is 0.273 e. The van der Waals surface area contributed by atoms with E-state index in [0.717, 1.165) is 10.5 Å². The second-order valence-corrected chi connectivity index (χ2v) is 6.11. The monoisotopic (exact) mass is 334 g/mol. The van der Waals surface area contributed by atoms with Crippen molar-refractivity contribution in [1.82, 2.24) is 5.32 Å². The van der Waals surface area contributed by atoms with E-state index in [2.05, 4.69) is 19.2 Å². The minimum Gasteiger partial charge on any atom is -0.273 e. The van der Waals surface area contributed by atoms with E-state index in [0.29, 0.717) is 17.2 Å². The lowest BCUT2D eigenvalue weighted by molar-refractivity contribution is -0.122. The molecule has 25 heavy (non-hydrogen) atoms. The van der Waals surface area contributed by atoms with Crippen LogP contribution in [-0.2, 0) is 9.59 Å².